The van der Waals surface area contributed by atoms with Crippen LogP contribution in [0.1, 0.15) is 65.2 Å². The van der Waals surface area contributed by atoms with Crippen molar-refractivity contribution in [3.05, 3.63) is 0 Å². The van der Waals surface area contributed by atoms with Crippen LogP contribution < -0.4 is 0 Å². The Morgan fingerprint density at radius 3 is 2.29 bits per heavy atom. The summed E-state index contributed by atoms with van der Waals surface area (Å²) in [6.07, 6.45) is 10.4. The quantitative estimate of drug-likeness (QED) is 0.568. The monoisotopic (exact) mass is 236 g/mol. The molecule has 2 aliphatic rings. The molecule has 1 heterocycles. The number of hydrogen-bond acceptors (Lipinski definition) is 1. The molecule has 0 spiro atoms. The predicted octanol–water partition coefficient (Wildman–Crippen LogP) is 4.06. The average Bonchev–Trinajstić information content (AvgIpc) is 2.40. The third-order valence-electron chi connectivity index (χ3n) is 5.16. The highest BCUT2D eigenvalue weighted by Crippen LogP contribution is 2.35. The first kappa shape index (κ1) is 12.9. The third-order valence-corrected chi connectivity index (χ3v) is 5.16. The van der Waals surface area contributed by atoms with Crippen molar-refractivity contribution >= 4 is 5.84 Å². The van der Waals surface area contributed by atoms with Crippen LogP contribution >= 0.6 is 0 Å². The zero-order valence-corrected chi connectivity index (χ0v) is 11.6. The molecule has 0 aromatic heterocycles. The van der Waals surface area contributed by atoms with Gasteiger partial charge < -0.3 is 4.90 Å². The minimum Gasteiger partial charge on any atom is -0.360 e. The predicted molar refractivity (Wildman–Crippen MR) is 73.5 cm³/mol. The van der Waals surface area contributed by atoms with Crippen molar-refractivity contribution in [2.24, 2.45) is 11.3 Å². The highest BCUT2D eigenvalue weighted by atomic mass is 15.2. The number of hydrogen-bond donors (Lipinski definition) is 1. The lowest BCUT2D eigenvalue weighted by molar-refractivity contribution is 0.156. The summed E-state index contributed by atoms with van der Waals surface area (Å²) in [6.45, 7) is 6.97. The van der Waals surface area contributed by atoms with E-state index in [9.17, 15) is 0 Å². The lowest BCUT2D eigenvalue weighted by atomic mass is 9.77. The van der Waals surface area contributed by atoms with Gasteiger partial charge in [0.05, 0.1) is 5.84 Å². The summed E-state index contributed by atoms with van der Waals surface area (Å²) in [5.41, 5.74) is 0.545. The molecule has 2 fully saturated rings. The van der Waals surface area contributed by atoms with Gasteiger partial charge in [0, 0.05) is 19.0 Å². The van der Waals surface area contributed by atoms with Crippen molar-refractivity contribution in [3.8, 4) is 0 Å². The Morgan fingerprint density at radius 1 is 1.18 bits per heavy atom. The smallest absolute Gasteiger partial charge is 0.0989 e. The number of nitrogens with one attached hydrogen (secondary N) is 1. The molecule has 1 saturated heterocycles. The molecule has 0 aromatic carbocycles. The molecule has 1 N–H and O–H groups in total. The summed E-state index contributed by atoms with van der Waals surface area (Å²) < 4.78 is 0. The van der Waals surface area contributed by atoms with Crippen LogP contribution in [0.5, 0.6) is 0 Å². The van der Waals surface area contributed by atoms with Crippen molar-refractivity contribution in [2.75, 3.05) is 13.1 Å². The van der Waals surface area contributed by atoms with Gasteiger partial charge in [-0.2, -0.15) is 0 Å². The summed E-state index contributed by atoms with van der Waals surface area (Å²) in [4.78, 5) is 2.37. The van der Waals surface area contributed by atoms with Crippen LogP contribution in [0.3, 0.4) is 0 Å². The minimum absolute atomic E-state index is 0.545. The largest absolute Gasteiger partial charge is 0.360 e. The molecule has 0 bridgehead atoms. The van der Waals surface area contributed by atoms with Crippen LogP contribution in [0, 0.1) is 16.7 Å². The second-order valence-corrected chi connectivity index (χ2v) is 6.37. The number of rotatable bonds is 2. The highest BCUT2D eigenvalue weighted by molar-refractivity contribution is 5.81. The van der Waals surface area contributed by atoms with E-state index in [0.717, 1.165) is 18.9 Å². The van der Waals surface area contributed by atoms with Gasteiger partial charge >= 0.3 is 0 Å². The molecular formula is C15H28N2. The molecule has 0 unspecified atom stereocenters. The molecule has 17 heavy (non-hydrogen) atoms. The Hall–Kier alpha value is -0.530. The first-order valence-corrected chi connectivity index (χ1v) is 7.48. The maximum atomic E-state index is 8.39. The first-order valence-electron chi connectivity index (χ1n) is 7.48. The van der Waals surface area contributed by atoms with E-state index in [0.29, 0.717) is 11.3 Å². The summed E-state index contributed by atoms with van der Waals surface area (Å²) >= 11 is 0. The van der Waals surface area contributed by atoms with Crippen molar-refractivity contribution in [1.82, 2.24) is 4.90 Å². The summed E-state index contributed by atoms with van der Waals surface area (Å²) in [6, 6.07) is 0. The number of piperidine rings is 1. The van der Waals surface area contributed by atoms with Crippen LogP contribution in [-0.4, -0.2) is 23.8 Å². The SMILES string of the molecule is CCC1(C)CCN(C(=N)C2CCCCC2)CC1. The van der Waals surface area contributed by atoms with E-state index in [1.807, 2.05) is 0 Å². The fourth-order valence-corrected chi connectivity index (χ4v) is 3.28. The van der Waals surface area contributed by atoms with E-state index in [1.54, 1.807) is 0 Å². The molecule has 1 saturated carbocycles. The summed E-state index contributed by atoms with van der Waals surface area (Å²) in [5.74, 6) is 1.54. The van der Waals surface area contributed by atoms with E-state index >= 15 is 0 Å². The van der Waals surface area contributed by atoms with Gasteiger partial charge in [-0.1, -0.05) is 39.5 Å². The van der Waals surface area contributed by atoms with Gasteiger partial charge in [-0.25, -0.2) is 0 Å². The molecule has 2 heteroatoms. The second kappa shape index (κ2) is 5.41. The Balaban J connectivity index is 1.85. The molecule has 2 rings (SSSR count). The molecule has 1 aliphatic heterocycles. The second-order valence-electron chi connectivity index (χ2n) is 6.37. The molecule has 0 atom stereocenters. The normalized spacial score (nSPS) is 25.9. The third kappa shape index (κ3) is 3.02. The summed E-state index contributed by atoms with van der Waals surface area (Å²) in [7, 11) is 0. The Bertz CT molecular complexity index is 258. The van der Waals surface area contributed by atoms with Crippen LogP contribution in [-0.2, 0) is 0 Å². The van der Waals surface area contributed by atoms with Crippen LogP contribution in [0.15, 0.2) is 0 Å². The van der Waals surface area contributed by atoms with Gasteiger partial charge in [0.15, 0.2) is 0 Å². The van der Waals surface area contributed by atoms with Crippen LogP contribution in [0.25, 0.3) is 0 Å². The van der Waals surface area contributed by atoms with Gasteiger partial charge in [-0.15, -0.1) is 0 Å². The number of nitrogens with zero attached hydrogens (tertiary/aromatic N) is 1. The number of amidine groups is 1. The number of likely N-dealkylation sites (tertiary alicyclic amines) is 1. The standard InChI is InChI=1S/C15H28N2/c1-3-15(2)9-11-17(12-10-15)14(16)13-7-5-4-6-8-13/h13,16H,3-12H2,1-2H3. The zero-order chi connectivity index (χ0) is 12.3. The molecule has 2 nitrogen and oxygen atoms in total. The molecule has 0 radical (unpaired) electrons. The van der Waals surface area contributed by atoms with Crippen LogP contribution in [0.4, 0.5) is 0 Å². The molecule has 0 aromatic rings. The van der Waals surface area contributed by atoms with Gasteiger partial charge in [-0.05, 0) is 31.1 Å². The zero-order valence-electron chi connectivity index (χ0n) is 11.6. The van der Waals surface area contributed by atoms with Crippen molar-refractivity contribution in [2.45, 2.75) is 65.2 Å². The maximum Gasteiger partial charge on any atom is 0.0989 e. The van der Waals surface area contributed by atoms with E-state index in [1.165, 1.54) is 51.4 Å². The van der Waals surface area contributed by atoms with Gasteiger partial charge in [0.2, 0.25) is 0 Å². The molecule has 98 valence electrons. The van der Waals surface area contributed by atoms with Gasteiger partial charge in [-0.3, -0.25) is 5.41 Å². The van der Waals surface area contributed by atoms with E-state index in [-0.39, 0.29) is 0 Å². The van der Waals surface area contributed by atoms with E-state index in [2.05, 4.69) is 18.7 Å². The topological polar surface area (TPSA) is 27.1 Å². The fraction of sp³-hybridized carbons (Fsp3) is 0.933. The lowest BCUT2D eigenvalue weighted by Crippen LogP contribution is -2.44. The van der Waals surface area contributed by atoms with E-state index in [4.69, 9.17) is 5.41 Å². The Kier molecular flexibility index (Phi) is 4.11. The maximum absolute atomic E-state index is 8.39. The first-order chi connectivity index (χ1) is 8.14. The van der Waals surface area contributed by atoms with Crippen molar-refractivity contribution in [3.63, 3.8) is 0 Å². The van der Waals surface area contributed by atoms with Crippen molar-refractivity contribution in [1.29, 1.82) is 5.41 Å². The highest BCUT2D eigenvalue weighted by Gasteiger charge is 2.31. The van der Waals surface area contributed by atoms with E-state index < -0.39 is 0 Å². The lowest BCUT2D eigenvalue weighted by Gasteiger charge is -2.42. The molecule has 0 amide bonds. The van der Waals surface area contributed by atoms with Gasteiger partial charge in [0.1, 0.15) is 0 Å². The van der Waals surface area contributed by atoms with Crippen LogP contribution in [0.2, 0.25) is 0 Å². The summed E-state index contributed by atoms with van der Waals surface area (Å²) in [5, 5.41) is 8.39. The average molecular weight is 236 g/mol. The minimum atomic E-state index is 0.545. The van der Waals surface area contributed by atoms with Gasteiger partial charge in [0.25, 0.3) is 0 Å². The fourth-order valence-electron chi connectivity index (χ4n) is 3.28. The Labute approximate surface area is 106 Å². The van der Waals surface area contributed by atoms with Crippen molar-refractivity contribution < 1.29 is 0 Å². The molecular weight excluding hydrogens is 208 g/mol. The molecule has 1 aliphatic carbocycles. The Morgan fingerprint density at radius 2 is 1.76 bits per heavy atom.